The summed E-state index contributed by atoms with van der Waals surface area (Å²) in [5, 5.41) is 5.79. The number of rotatable bonds is 5. The summed E-state index contributed by atoms with van der Waals surface area (Å²) < 4.78 is 0.561. The summed E-state index contributed by atoms with van der Waals surface area (Å²) in [5.74, 6) is 0. The minimum atomic E-state index is 0.561. The van der Waals surface area contributed by atoms with Crippen LogP contribution in [0.15, 0.2) is 11.4 Å². The zero-order valence-electron chi connectivity index (χ0n) is 9.51. The highest BCUT2D eigenvalue weighted by atomic mass is 32.2. The van der Waals surface area contributed by atoms with E-state index in [0.29, 0.717) is 4.75 Å². The third kappa shape index (κ3) is 2.58. The average molecular weight is 241 g/mol. The van der Waals surface area contributed by atoms with Gasteiger partial charge in [0.15, 0.2) is 0 Å². The summed E-state index contributed by atoms with van der Waals surface area (Å²) in [7, 11) is 0. The first-order chi connectivity index (χ1) is 7.26. The molecule has 15 heavy (non-hydrogen) atoms. The van der Waals surface area contributed by atoms with E-state index in [1.165, 1.54) is 36.2 Å². The standard InChI is InChI=1S/C12H19NS2/c1-10-4-7-15-11(10)8-13-9-12(14-2)5-3-6-12/h4,7,13H,3,5-6,8-9H2,1-2H3. The van der Waals surface area contributed by atoms with Crippen molar-refractivity contribution < 1.29 is 0 Å². The van der Waals surface area contributed by atoms with Crippen molar-refractivity contribution in [3.05, 3.63) is 21.9 Å². The van der Waals surface area contributed by atoms with Crippen LogP contribution in [0.25, 0.3) is 0 Å². The van der Waals surface area contributed by atoms with E-state index in [-0.39, 0.29) is 0 Å². The van der Waals surface area contributed by atoms with Crippen LogP contribution in [0.4, 0.5) is 0 Å². The van der Waals surface area contributed by atoms with Gasteiger partial charge in [-0.05, 0) is 43.0 Å². The van der Waals surface area contributed by atoms with Crippen molar-refractivity contribution in [2.24, 2.45) is 0 Å². The van der Waals surface area contributed by atoms with E-state index in [0.717, 1.165) is 6.54 Å². The van der Waals surface area contributed by atoms with Crippen LogP contribution >= 0.6 is 23.1 Å². The lowest BCUT2D eigenvalue weighted by Gasteiger charge is -2.40. The Morgan fingerprint density at radius 1 is 1.53 bits per heavy atom. The molecule has 0 bridgehead atoms. The summed E-state index contributed by atoms with van der Waals surface area (Å²) in [6, 6.07) is 2.20. The van der Waals surface area contributed by atoms with Gasteiger partial charge in [-0.2, -0.15) is 11.8 Å². The summed E-state index contributed by atoms with van der Waals surface area (Å²) in [4.78, 5) is 1.49. The van der Waals surface area contributed by atoms with Crippen molar-refractivity contribution in [1.29, 1.82) is 0 Å². The molecule has 1 nitrogen and oxygen atoms in total. The fourth-order valence-electron chi connectivity index (χ4n) is 2.01. The third-order valence-electron chi connectivity index (χ3n) is 3.40. The van der Waals surface area contributed by atoms with Gasteiger partial charge in [0, 0.05) is 22.7 Å². The number of hydrogen-bond donors (Lipinski definition) is 1. The van der Waals surface area contributed by atoms with Gasteiger partial charge in [0.25, 0.3) is 0 Å². The van der Waals surface area contributed by atoms with E-state index < -0.39 is 0 Å². The Balaban J connectivity index is 1.77. The van der Waals surface area contributed by atoms with E-state index in [9.17, 15) is 0 Å². The molecule has 84 valence electrons. The number of thioether (sulfide) groups is 1. The van der Waals surface area contributed by atoms with Crippen molar-refractivity contribution in [2.75, 3.05) is 12.8 Å². The highest BCUT2D eigenvalue weighted by Crippen LogP contribution is 2.42. The number of aryl methyl sites for hydroxylation is 1. The quantitative estimate of drug-likeness (QED) is 0.847. The SMILES string of the molecule is CSC1(CNCc2sccc2C)CCC1. The van der Waals surface area contributed by atoms with Gasteiger partial charge < -0.3 is 5.32 Å². The van der Waals surface area contributed by atoms with Crippen LogP contribution in [0.3, 0.4) is 0 Å². The highest BCUT2D eigenvalue weighted by Gasteiger charge is 2.35. The Morgan fingerprint density at radius 2 is 2.33 bits per heavy atom. The van der Waals surface area contributed by atoms with Crippen LogP contribution in [-0.2, 0) is 6.54 Å². The van der Waals surface area contributed by atoms with Crippen LogP contribution in [-0.4, -0.2) is 17.5 Å². The molecule has 3 heteroatoms. The molecule has 0 radical (unpaired) electrons. The van der Waals surface area contributed by atoms with Gasteiger partial charge in [-0.25, -0.2) is 0 Å². The monoisotopic (exact) mass is 241 g/mol. The molecule has 0 amide bonds. The summed E-state index contributed by atoms with van der Waals surface area (Å²) in [6.45, 7) is 4.42. The normalized spacial score (nSPS) is 18.8. The molecule has 0 unspecified atom stereocenters. The first-order valence-electron chi connectivity index (χ1n) is 5.55. The van der Waals surface area contributed by atoms with Gasteiger partial charge in [0.05, 0.1) is 0 Å². The van der Waals surface area contributed by atoms with Crippen molar-refractivity contribution in [2.45, 2.75) is 37.5 Å². The molecule has 1 N–H and O–H groups in total. The molecule has 0 atom stereocenters. The Morgan fingerprint density at radius 3 is 2.80 bits per heavy atom. The van der Waals surface area contributed by atoms with Crippen molar-refractivity contribution in [3.8, 4) is 0 Å². The Labute approximate surface area is 101 Å². The molecular weight excluding hydrogens is 222 g/mol. The molecule has 0 spiro atoms. The van der Waals surface area contributed by atoms with Crippen molar-refractivity contribution in [1.82, 2.24) is 5.32 Å². The molecular formula is C12H19NS2. The lowest BCUT2D eigenvalue weighted by molar-refractivity contribution is 0.346. The van der Waals surface area contributed by atoms with Gasteiger partial charge >= 0.3 is 0 Å². The van der Waals surface area contributed by atoms with Gasteiger partial charge in [-0.3, -0.25) is 0 Å². The zero-order valence-corrected chi connectivity index (χ0v) is 11.1. The topological polar surface area (TPSA) is 12.0 Å². The second-order valence-electron chi connectivity index (χ2n) is 4.37. The molecule has 0 aliphatic heterocycles. The molecule has 1 fully saturated rings. The first kappa shape index (κ1) is 11.5. The van der Waals surface area contributed by atoms with Crippen LogP contribution in [0.5, 0.6) is 0 Å². The maximum absolute atomic E-state index is 3.61. The predicted octanol–water partition coefficient (Wildman–Crippen LogP) is 3.43. The van der Waals surface area contributed by atoms with Crippen LogP contribution < -0.4 is 5.32 Å². The molecule has 2 rings (SSSR count). The molecule has 0 saturated heterocycles. The minimum absolute atomic E-state index is 0.561. The fourth-order valence-corrected chi connectivity index (χ4v) is 3.83. The summed E-state index contributed by atoms with van der Waals surface area (Å²) in [5.41, 5.74) is 1.43. The van der Waals surface area contributed by atoms with Gasteiger partial charge in [-0.15, -0.1) is 11.3 Å². The number of thiophene rings is 1. The molecule has 1 aliphatic rings. The highest BCUT2D eigenvalue weighted by molar-refractivity contribution is 8.00. The lowest BCUT2D eigenvalue weighted by Crippen LogP contribution is -2.43. The van der Waals surface area contributed by atoms with E-state index in [1.807, 2.05) is 23.1 Å². The second kappa shape index (κ2) is 4.89. The van der Waals surface area contributed by atoms with Gasteiger partial charge in [-0.1, -0.05) is 6.42 Å². The Hall–Kier alpha value is 0.0100. The number of nitrogens with one attached hydrogen (secondary N) is 1. The maximum Gasteiger partial charge on any atom is 0.0302 e. The fraction of sp³-hybridized carbons (Fsp3) is 0.667. The third-order valence-corrected chi connectivity index (χ3v) is 5.84. The molecule has 1 aromatic heterocycles. The lowest BCUT2D eigenvalue weighted by atomic mass is 9.84. The van der Waals surface area contributed by atoms with Crippen molar-refractivity contribution >= 4 is 23.1 Å². The van der Waals surface area contributed by atoms with Crippen LogP contribution in [0.1, 0.15) is 29.7 Å². The smallest absolute Gasteiger partial charge is 0.0302 e. The molecule has 0 aromatic carbocycles. The molecule has 1 aromatic rings. The van der Waals surface area contributed by atoms with Gasteiger partial charge in [0.1, 0.15) is 0 Å². The Bertz CT molecular complexity index is 310. The molecule has 1 aliphatic carbocycles. The largest absolute Gasteiger partial charge is 0.310 e. The number of hydrogen-bond acceptors (Lipinski definition) is 3. The van der Waals surface area contributed by atoms with Crippen molar-refractivity contribution in [3.63, 3.8) is 0 Å². The average Bonchev–Trinajstić information content (AvgIpc) is 2.57. The van der Waals surface area contributed by atoms with Crippen LogP contribution in [0.2, 0.25) is 0 Å². The maximum atomic E-state index is 3.61. The second-order valence-corrected chi connectivity index (χ2v) is 6.65. The summed E-state index contributed by atoms with van der Waals surface area (Å²) in [6.07, 6.45) is 6.45. The summed E-state index contributed by atoms with van der Waals surface area (Å²) >= 11 is 3.91. The van der Waals surface area contributed by atoms with Gasteiger partial charge in [0.2, 0.25) is 0 Å². The van der Waals surface area contributed by atoms with E-state index in [1.54, 1.807) is 0 Å². The van der Waals surface area contributed by atoms with E-state index in [2.05, 4.69) is 29.9 Å². The molecule has 1 heterocycles. The minimum Gasteiger partial charge on any atom is -0.310 e. The predicted molar refractivity (Wildman–Crippen MR) is 70.9 cm³/mol. The zero-order chi connectivity index (χ0) is 10.7. The van der Waals surface area contributed by atoms with E-state index >= 15 is 0 Å². The first-order valence-corrected chi connectivity index (χ1v) is 7.65. The van der Waals surface area contributed by atoms with Crippen LogP contribution in [0, 0.1) is 6.92 Å². The Kier molecular flexibility index (Phi) is 3.75. The van der Waals surface area contributed by atoms with E-state index in [4.69, 9.17) is 0 Å². The molecule has 1 saturated carbocycles.